The summed E-state index contributed by atoms with van der Waals surface area (Å²) in [6.07, 6.45) is 3.03. The van der Waals surface area contributed by atoms with Gasteiger partial charge in [-0.15, -0.1) is 0 Å². The van der Waals surface area contributed by atoms with Crippen LogP contribution in [0.5, 0.6) is 5.75 Å². The molecule has 0 spiro atoms. The number of benzene rings is 1. The van der Waals surface area contributed by atoms with Crippen LogP contribution in [0.25, 0.3) is 0 Å². The van der Waals surface area contributed by atoms with Crippen LogP contribution in [0.4, 0.5) is 0 Å². The zero-order valence-electron chi connectivity index (χ0n) is 16.8. The van der Waals surface area contributed by atoms with Gasteiger partial charge in [0.15, 0.2) is 0 Å². The lowest BCUT2D eigenvalue weighted by molar-refractivity contribution is -0.141. The zero-order valence-corrected chi connectivity index (χ0v) is 16.8. The maximum atomic E-state index is 12.9. The number of ether oxygens (including phenoxy) is 2. The third-order valence-corrected chi connectivity index (χ3v) is 5.05. The van der Waals surface area contributed by atoms with Crippen molar-refractivity contribution in [1.82, 2.24) is 5.32 Å². The molecular formula is C22H31NO4. The van der Waals surface area contributed by atoms with Gasteiger partial charge in [0.2, 0.25) is 5.91 Å². The number of esters is 1. The molecule has 0 aromatic heterocycles. The number of rotatable bonds is 9. The van der Waals surface area contributed by atoms with Crippen LogP contribution in [-0.2, 0) is 14.3 Å². The Bertz CT molecular complexity index is 691. The van der Waals surface area contributed by atoms with Gasteiger partial charge in [-0.3, -0.25) is 4.79 Å². The Balaban J connectivity index is 2.32. The first-order valence-corrected chi connectivity index (χ1v) is 9.91. The first kappa shape index (κ1) is 21.0. The van der Waals surface area contributed by atoms with Crippen LogP contribution in [-0.4, -0.2) is 25.1 Å². The molecule has 0 saturated carbocycles. The molecule has 1 aromatic carbocycles. The second kappa shape index (κ2) is 10.1. The minimum Gasteiger partial charge on any atom is -0.493 e. The third kappa shape index (κ3) is 5.34. The predicted octanol–water partition coefficient (Wildman–Crippen LogP) is 4.33. The Labute approximate surface area is 162 Å². The number of nitrogens with one attached hydrogen (secondary N) is 1. The van der Waals surface area contributed by atoms with Crippen molar-refractivity contribution in [2.24, 2.45) is 5.92 Å². The third-order valence-electron chi connectivity index (χ3n) is 5.05. The van der Waals surface area contributed by atoms with Crippen LogP contribution in [0, 0.1) is 5.92 Å². The largest absolute Gasteiger partial charge is 0.493 e. The summed E-state index contributed by atoms with van der Waals surface area (Å²) in [4.78, 5) is 25.1. The Morgan fingerprint density at radius 2 is 1.93 bits per heavy atom. The molecule has 5 nitrogen and oxygen atoms in total. The highest BCUT2D eigenvalue weighted by atomic mass is 16.5. The van der Waals surface area contributed by atoms with Crippen LogP contribution in [0.15, 0.2) is 35.5 Å². The van der Waals surface area contributed by atoms with Crippen molar-refractivity contribution < 1.29 is 19.1 Å². The minimum absolute atomic E-state index is 0.0978. The highest BCUT2D eigenvalue weighted by Crippen LogP contribution is 2.38. The van der Waals surface area contributed by atoms with Crippen molar-refractivity contribution in [1.29, 1.82) is 0 Å². The molecule has 5 heteroatoms. The summed E-state index contributed by atoms with van der Waals surface area (Å²) < 4.78 is 11.5. The topological polar surface area (TPSA) is 64.6 Å². The van der Waals surface area contributed by atoms with Crippen LogP contribution >= 0.6 is 0 Å². The second-order valence-corrected chi connectivity index (χ2v) is 7.01. The maximum absolute atomic E-state index is 12.9. The molecule has 0 bridgehead atoms. The Morgan fingerprint density at radius 3 is 2.59 bits per heavy atom. The fourth-order valence-corrected chi connectivity index (χ4v) is 3.34. The van der Waals surface area contributed by atoms with E-state index in [9.17, 15) is 9.59 Å². The number of amides is 1. The highest BCUT2D eigenvalue weighted by molar-refractivity contribution is 5.96. The van der Waals surface area contributed by atoms with Crippen molar-refractivity contribution in [2.75, 3.05) is 13.2 Å². The van der Waals surface area contributed by atoms with Gasteiger partial charge in [-0.1, -0.05) is 51.8 Å². The lowest BCUT2D eigenvalue weighted by Crippen LogP contribution is -2.34. The summed E-state index contributed by atoms with van der Waals surface area (Å²) in [6.45, 7) is 8.98. The number of para-hydroxylation sites is 1. The van der Waals surface area contributed by atoms with Crippen molar-refractivity contribution >= 4 is 11.9 Å². The first-order chi connectivity index (χ1) is 13.0. The Morgan fingerprint density at radius 1 is 1.22 bits per heavy atom. The Kier molecular flexibility index (Phi) is 7.89. The number of hydrogen-bond donors (Lipinski definition) is 1. The molecule has 1 aliphatic rings. The predicted molar refractivity (Wildman–Crippen MR) is 105 cm³/mol. The van der Waals surface area contributed by atoms with Gasteiger partial charge in [-0.2, -0.15) is 0 Å². The summed E-state index contributed by atoms with van der Waals surface area (Å²) in [7, 11) is 0. The summed E-state index contributed by atoms with van der Waals surface area (Å²) in [5, 5.41) is 2.79. The molecular weight excluding hydrogens is 342 g/mol. The summed E-state index contributed by atoms with van der Waals surface area (Å²) in [5.41, 5.74) is 1.94. The van der Waals surface area contributed by atoms with Crippen molar-refractivity contribution in [3.63, 3.8) is 0 Å². The van der Waals surface area contributed by atoms with Crippen molar-refractivity contribution in [3.05, 3.63) is 41.1 Å². The van der Waals surface area contributed by atoms with Gasteiger partial charge < -0.3 is 14.8 Å². The number of carbonyl (C=O) groups is 2. The average Bonchev–Trinajstić information content (AvgIpc) is 2.66. The summed E-state index contributed by atoms with van der Waals surface area (Å²) in [6, 6.07) is 7.62. The zero-order chi connectivity index (χ0) is 19.8. The molecule has 1 unspecified atom stereocenters. The lowest BCUT2D eigenvalue weighted by Gasteiger charge is -2.28. The molecule has 148 valence electrons. The van der Waals surface area contributed by atoms with Crippen LogP contribution in [0.2, 0.25) is 0 Å². The van der Waals surface area contributed by atoms with Crippen molar-refractivity contribution in [3.8, 4) is 5.75 Å². The fourth-order valence-electron chi connectivity index (χ4n) is 3.34. The minimum atomic E-state index is -0.360. The lowest BCUT2D eigenvalue weighted by atomic mass is 9.84. The summed E-state index contributed by atoms with van der Waals surface area (Å²) >= 11 is 0. The van der Waals surface area contributed by atoms with E-state index in [2.05, 4.69) is 19.2 Å². The molecule has 1 amide bonds. The van der Waals surface area contributed by atoms with Crippen LogP contribution in [0.1, 0.15) is 64.9 Å². The SMILES string of the molecule is CCCOc1ccccc1C1CC(=O)NC(C)=C1C(=O)OCC(CC)CC. The van der Waals surface area contributed by atoms with Gasteiger partial charge in [0, 0.05) is 23.6 Å². The van der Waals surface area contributed by atoms with Gasteiger partial charge in [0.05, 0.1) is 18.8 Å². The van der Waals surface area contributed by atoms with E-state index in [0.29, 0.717) is 30.4 Å². The highest BCUT2D eigenvalue weighted by Gasteiger charge is 2.34. The molecule has 0 fully saturated rings. The number of allylic oxidation sites excluding steroid dienone is 1. The van der Waals surface area contributed by atoms with Gasteiger partial charge in [-0.25, -0.2) is 4.79 Å². The normalized spacial score (nSPS) is 17.1. The number of hydrogen-bond acceptors (Lipinski definition) is 4. The molecule has 0 saturated heterocycles. The van der Waals surface area contributed by atoms with Gasteiger partial charge in [0.25, 0.3) is 0 Å². The van der Waals surface area contributed by atoms with E-state index in [0.717, 1.165) is 30.6 Å². The Hall–Kier alpha value is -2.30. The summed E-state index contributed by atoms with van der Waals surface area (Å²) in [5.74, 6) is 0.263. The first-order valence-electron chi connectivity index (χ1n) is 9.91. The molecule has 0 aliphatic carbocycles. The van der Waals surface area contributed by atoms with E-state index >= 15 is 0 Å². The number of carbonyl (C=O) groups excluding carboxylic acids is 2. The van der Waals surface area contributed by atoms with Gasteiger partial charge in [-0.05, 0) is 25.3 Å². The maximum Gasteiger partial charge on any atom is 0.336 e. The monoisotopic (exact) mass is 373 g/mol. The smallest absolute Gasteiger partial charge is 0.336 e. The molecule has 1 aromatic rings. The van der Waals surface area contributed by atoms with E-state index in [-0.39, 0.29) is 24.2 Å². The standard InChI is InChI=1S/C22H31NO4/c1-5-12-26-19-11-9-8-10-17(19)18-13-20(24)23-15(4)21(18)22(25)27-14-16(6-2)7-3/h8-11,16,18H,5-7,12-14H2,1-4H3,(H,23,24). The molecule has 0 radical (unpaired) electrons. The quantitative estimate of drug-likeness (QED) is 0.654. The van der Waals surface area contributed by atoms with Crippen molar-refractivity contribution in [2.45, 2.75) is 59.3 Å². The molecule has 1 atom stereocenters. The molecule has 1 heterocycles. The van der Waals surface area contributed by atoms with E-state index < -0.39 is 0 Å². The average molecular weight is 373 g/mol. The van der Waals surface area contributed by atoms with Gasteiger partial charge in [0.1, 0.15) is 5.75 Å². The molecule has 27 heavy (non-hydrogen) atoms. The van der Waals surface area contributed by atoms with E-state index in [1.54, 1.807) is 6.92 Å². The van der Waals surface area contributed by atoms with Crippen LogP contribution < -0.4 is 10.1 Å². The fraction of sp³-hybridized carbons (Fsp3) is 0.545. The van der Waals surface area contributed by atoms with Gasteiger partial charge >= 0.3 is 5.97 Å². The molecule has 2 rings (SSSR count). The van der Waals surface area contributed by atoms with E-state index in [1.165, 1.54) is 0 Å². The van der Waals surface area contributed by atoms with Crippen LogP contribution in [0.3, 0.4) is 0 Å². The molecule has 1 N–H and O–H groups in total. The van der Waals surface area contributed by atoms with E-state index in [4.69, 9.17) is 9.47 Å². The molecule has 1 aliphatic heterocycles. The second-order valence-electron chi connectivity index (χ2n) is 7.01. The van der Waals surface area contributed by atoms with E-state index in [1.807, 2.05) is 31.2 Å².